The number of benzene rings is 2. The van der Waals surface area contributed by atoms with Crippen LogP contribution in [-0.2, 0) is 9.53 Å². The number of para-hydroxylation sites is 2. The van der Waals surface area contributed by atoms with E-state index in [0.717, 1.165) is 6.08 Å². The highest BCUT2D eigenvalue weighted by Gasteiger charge is 2.35. The number of rotatable bonds is 11. The molecule has 0 aliphatic rings. The van der Waals surface area contributed by atoms with Gasteiger partial charge >= 0.3 is 12.1 Å². The van der Waals surface area contributed by atoms with E-state index in [9.17, 15) is 9.59 Å². The number of carboxylic acid groups (broad SMARTS) is 1. The average molecular weight is 427 g/mol. The summed E-state index contributed by atoms with van der Waals surface area (Å²) >= 11 is 0. The van der Waals surface area contributed by atoms with Gasteiger partial charge in [-0.1, -0.05) is 56.3 Å². The summed E-state index contributed by atoms with van der Waals surface area (Å²) in [7, 11) is 0. The molecule has 0 bridgehead atoms. The maximum Gasteiger partial charge on any atom is 0.412 e. The summed E-state index contributed by atoms with van der Waals surface area (Å²) in [5, 5.41) is 20.7. The lowest BCUT2D eigenvalue weighted by Crippen LogP contribution is -2.29. The highest BCUT2D eigenvalue weighted by atomic mass is 16.6. The van der Waals surface area contributed by atoms with Gasteiger partial charge in [-0.15, -0.1) is 0 Å². The molecule has 2 aromatic rings. The van der Waals surface area contributed by atoms with E-state index in [1.54, 1.807) is 30.3 Å². The second-order valence-electron chi connectivity index (χ2n) is 7.65. The van der Waals surface area contributed by atoms with Crippen LogP contribution in [0.15, 0.2) is 66.7 Å². The van der Waals surface area contributed by atoms with Gasteiger partial charge in [-0.3, -0.25) is 5.32 Å². The van der Waals surface area contributed by atoms with Gasteiger partial charge in [-0.25, -0.2) is 9.59 Å². The lowest BCUT2D eigenvalue weighted by Gasteiger charge is -2.35. The monoisotopic (exact) mass is 427 g/mol. The van der Waals surface area contributed by atoms with Crippen LogP contribution in [0.3, 0.4) is 0 Å². The van der Waals surface area contributed by atoms with Crippen molar-refractivity contribution in [2.75, 3.05) is 18.5 Å². The van der Waals surface area contributed by atoms with Crippen LogP contribution in [0.2, 0.25) is 0 Å². The number of hydrogen-bond acceptors (Lipinski definition) is 5. The van der Waals surface area contributed by atoms with E-state index >= 15 is 0 Å². The van der Waals surface area contributed by atoms with Crippen LogP contribution >= 0.6 is 0 Å². The third-order valence-corrected chi connectivity index (χ3v) is 4.72. The zero-order valence-electron chi connectivity index (χ0n) is 17.8. The Bertz CT molecular complexity index is 879. The molecule has 0 aromatic heterocycles. The van der Waals surface area contributed by atoms with Crippen LogP contribution in [0.4, 0.5) is 10.5 Å². The average Bonchev–Trinajstić information content (AvgIpc) is 2.74. The molecule has 0 aliphatic heterocycles. The fraction of sp³-hybridized carbons (Fsp3) is 0.333. The molecule has 0 aliphatic carbocycles. The van der Waals surface area contributed by atoms with Crippen molar-refractivity contribution >= 4 is 17.7 Å². The van der Waals surface area contributed by atoms with Gasteiger partial charge < -0.3 is 19.7 Å². The van der Waals surface area contributed by atoms with Crippen molar-refractivity contribution in [1.82, 2.24) is 0 Å². The van der Waals surface area contributed by atoms with Crippen LogP contribution in [0.5, 0.6) is 5.75 Å². The Morgan fingerprint density at radius 2 is 1.77 bits per heavy atom. The van der Waals surface area contributed by atoms with Crippen LogP contribution in [0, 0.1) is 5.41 Å². The number of anilines is 1. The molecule has 1 amide bonds. The molecule has 2 rings (SSSR count). The summed E-state index contributed by atoms with van der Waals surface area (Å²) in [5.41, 5.74) is 0.736. The van der Waals surface area contributed by atoms with Gasteiger partial charge in [0.1, 0.15) is 18.5 Å². The number of aliphatic hydroxyl groups is 1. The van der Waals surface area contributed by atoms with Crippen molar-refractivity contribution in [3.05, 3.63) is 72.3 Å². The molecular weight excluding hydrogens is 398 g/mol. The maximum atomic E-state index is 12.7. The summed E-state index contributed by atoms with van der Waals surface area (Å²) in [6.45, 7) is 3.87. The number of carbonyl (C=O) groups excluding carboxylic acids is 1. The third kappa shape index (κ3) is 7.79. The minimum atomic E-state index is -1.00. The molecule has 0 heterocycles. The van der Waals surface area contributed by atoms with Crippen molar-refractivity contribution in [2.45, 2.75) is 32.8 Å². The topological polar surface area (TPSA) is 105 Å². The first-order valence-corrected chi connectivity index (χ1v) is 10.1. The normalized spacial score (nSPS) is 12.4. The highest BCUT2D eigenvalue weighted by Crippen LogP contribution is 2.43. The molecule has 7 nitrogen and oxygen atoms in total. The summed E-state index contributed by atoms with van der Waals surface area (Å²) < 4.78 is 11.5. The third-order valence-electron chi connectivity index (χ3n) is 4.72. The minimum absolute atomic E-state index is 0.113. The standard InChI is InChI=1S/C24H29NO6/c1-24(2,15-9-8-14-21(27)28)22(19-12-6-7-13-20(19)30-17-16-26)31-23(29)25-18-10-4-3-5-11-18/h3-8,10-14,22,26H,9,15-17H2,1-2H3,(H,25,29)(H,27,28)/b14-8+/t22-/m0/s1. The zero-order chi connectivity index (χ0) is 22.7. The molecule has 166 valence electrons. The molecule has 1 atom stereocenters. The van der Waals surface area contributed by atoms with Crippen LogP contribution in [0.25, 0.3) is 0 Å². The first-order chi connectivity index (χ1) is 14.8. The molecule has 31 heavy (non-hydrogen) atoms. The highest BCUT2D eigenvalue weighted by molar-refractivity contribution is 5.84. The van der Waals surface area contributed by atoms with Crippen molar-refractivity contribution in [3.63, 3.8) is 0 Å². The van der Waals surface area contributed by atoms with Crippen molar-refractivity contribution in [1.29, 1.82) is 0 Å². The largest absolute Gasteiger partial charge is 0.491 e. The molecule has 0 saturated carbocycles. The lowest BCUT2D eigenvalue weighted by molar-refractivity contribution is -0.131. The zero-order valence-corrected chi connectivity index (χ0v) is 17.8. The van der Waals surface area contributed by atoms with E-state index in [1.807, 2.05) is 44.2 Å². The van der Waals surface area contributed by atoms with E-state index in [4.69, 9.17) is 19.7 Å². The minimum Gasteiger partial charge on any atom is -0.491 e. The summed E-state index contributed by atoms with van der Waals surface area (Å²) in [6.07, 6.45) is 2.46. The van der Waals surface area contributed by atoms with Gasteiger partial charge in [0, 0.05) is 22.7 Å². The predicted octanol–water partition coefficient (Wildman–Crippen LogP) is 4.79. The van der Waals surface area contributed by atoms with Crippen molar-refractivity contribution in [3.8, 4) is 5.75 Å². The Kier molecular flexibility index (Phi) is 9.09. The van der Waals surface area contributed by atoms with E-state index in [2.05, 4.69) is 5.32 Å². The van der Waals surface area contributed by atoms with Crippen LogP contribution < -0.4 is 10.1 Å². The Morgan fingerprint density at radius 1 is 1.10 bits per heavy atom. The first-order valence-electron chi connectivity index (χ1n) is 10.1. The number of allylic oxidation sites excluding steroid dienone is 1. The second kappa shape index (κ2) is 11.8. The molecular formula is C24H29NO6. The number of nitrogens with one attached hydrogen (secondary N) is 1. The Hall–Kier alpha value is -3.32. The smallest absolute Gasteiger partial charge is 0.412 e. The van der Waals surface area contributed by atoms with Gasteiger partial charge in [-0.2, -0.15) is 0 Å². The number of aliphatic hydroxyl groups excluding tert-OH is 1. The Balaban J connectivity index is 2.28. The first kappa shape index (κ1) is 24.0. The number of ether oxygens (including phenoxy) is 2. The van der Waals surface area contributed by atoms with Gasteiger partial charge in [0.25, 0.3) is 0 Å². The van der Waals surface area contributed by atoms with E-state index in [-0.39, 0.29) is 13.2 Å². The molecule has 0 spiro atoms. The molecule has 0 fully saturated rings. The quantitative estimate of drug-likeness (QED) is 0.445. The maximum absolute atomic E-state index is 12.7. The van der Waals surface area contributed by atoms with Crippen molar-refractivity contribution < 1.29 is 29.3 Å². The molecule has 0 saturated heterocycles. The fourth-order valence-corrected chi connectivity index (χ4v) is 3.17. The number of aliphatic carboxylic acids is 1. The molecule has 3 N–H and O–H groups in total. The summed E-state index contributed by atoms with van der Waals surface area (Å²) in [6, 6.07) is 16.2. The fourth-order valence-electron chi connectivity index (χ4n) is 3.17. The molecule has 0 unspecified atom stereocenters. The van der Waals surface area contributed by atoms with Crippen LogP contribution in [-0.4, -0.2) is 35.5 Å². The van der Waals surface area contributed by atoms with Crippen LogP contribution in [0.1, 0.15) is 38.4 Å². The Morgan fingerprint density at radius 3 is 2.45 bits per heavy atom. The van der Waals surface area contributed by atoms with E-state index < -0.39 is 23.6 Å². The molecule has 7 heteroatoms. The number of carbonyl (C=O) groups is 2. The molecule has 2 aromatic carbocycles. The summed E-state index contributed by atoms with van der Waals surface area (Å²) in [5.74, 6) is -0.487. The van der Waals surface area contributed by atoms with Gasteiger partial charge in [-0.05, 0) is 31.0 Å². The molecule has 0 radical (unpaired) electrons. The second-order valence-corrected chi connectivity index (χ2v) is 7.65. The SMILES string of the molecule is CC(C)(CC/C=C/C(=O)O)[C@@H](OC(=O)Nc1ccccc1)c1ccccc1OCCO. The predicted molar refractivity (Wildman–Crippen MR) is 118 cm³/mol. The Labute approximate surface area is 182 Å². The lowest BCUT2D eigenvalue weighted by atomic mass is 9.78. The number of amides is 1. The van der Waals surface area contributed by atoms with Gasteiger partial charge in [0.05, 0.1) is 6.61 Å². The van der Waals surface area contributed by atoms with Gasteiger partial charge in [0.2, 0.25) is 0 Å². The number of carboxylic acids is 1. The number of hydrogen-bond donors (Lipinski definition) is 3. The van der Waals surface area contributed by atoms with Crippen molar-refractivity contribution in [2.24, 2.45) is 5.41 Å². The van der Waals surface area contributed by atoms with Gasteiger partial charge in [0.15, 0.2) is 0 Å². The van der Waals surface area contributed by atoms with E-state index in [0.29, 0.717) is 29.8 Å². The van der Waals surface area contributed by atoms with E-state index in [1.165, 1.54) is 0 Å². The summed E-state index contributed by atoms with van der Waals surface area (Å²) in [4.78, 5) is 23.4.